The summed E-state index contributed by atoms with van der Waals surface area (Å²) in [5.74, 6) is 2.18. The number of rotatable bonds is 9. The fourth-order valence-corrected chi connectivity index (χ4v) is 13.3. The summed E-state index contributed by atoms with van der Waals surface area (Å²) in [6, 6.07) is 0. The molecule has 12 atom stereocenters. The van der Waals surface area contributed by atoms with Gasteiger partial charge in [0.2, 0.25) is 5.91 Å². The number of alkyl halides is 1. The number of hydrogen-bond acceptors (Lipinski definition) is 3. The first-order valence-corrected chi connectivity index (χ1v) is 24.1. The number of carbonyl (C=O) groups is 1. The zero-order valence-electron chi connectivity index (χ0n) is 30.1. The summed E-state index contributed by atoms with van der Waals surface area (Å²) in [7, 11) is -4.04. The average Bonchev–Trinajstić information content (AvgIpc) is 3.25. The molecule has 0 aromatic rings. The highest BCUT2D eigenvalue weighted by molar-refractivity contribution is 6.74. The Bertz CT molecular complexity index is 1100. The van der Waals surface area contributed by atoms with Gasteiger partial charge < -0.3 is 8.85 Å². The summed E-state index contributed by atoms with van der Waals surface area (Å²) < 4.78 is 31.4. The Labute approximate surface area is 270 Å². The molecule has 0 aromatic carbocycles. The lowest BCUT2D eigenvalue weighted by Crippen LogP contribution is -2.67. The summed E-state index contributed by atoms with van der Waals surface area (Å²) in [5.41, 5.74) is 8.81. The van der Waals surface area contributed by atoms with E-state index in [1.54, 1.807) is 0 Å². The van der Waals surface area contributed by atoms with Crippen molar-refractivity contribution in [2.24, 2.45) is 57.4 Å². The van der Waals surface area contributed by atoms with E-state index in [9.17, 15) is 4.79 Å². The maximum absolute atomic E-state index is 17.3. The smallest absolute Gasteiger partial charge is 0.218 e. The molecular weight excluding hydrogens is 586 g/mol. The highest BCUT2D eigenvalue weighted by Gasteiger charge is 2.68. The fraction of sp³-hybridized carbons (Fsp3) is 0.971. The van der Waals surface area contributed by atoms with Gasteiger partial charge in [-0.15, -0.1) is 0 Å². The molecular formula is C35H64FN3O3Si2. The summed E-state index contributed by atoms with van der Waals surface area (Å²) in [5, 5.41) is 3.37. The minimum Gasteiger partial charge on any atom is -0.414 e. The SMILES string of the molecule is CC[C@H]1C(O[Si](C)(C)C)C2C3CCC([C@H](C)CCC(=O)N=[N+]=[N-])[C@@]3(C)CCC2[C@@]2(C)CCC(O[Si](C)(C)C(C)(C)C)[C@H](F)[C@@H]12. The topological polar surface area (TPSA) is 84.3 Å². The molecule has 0 aromatic heterocycles. The number of azide groups is 1. The second-order valence-corrected chi connectivity index (χ2v) is 27.5. The number of nitrogens with zero attached hydrogens (tertiary/aromatic N) is 3. The maximum Gasteiger partial charge on any atom is 0.218 e. The Morgan fingerprint density at radius 2 is 1.64 bits per heavy atom. The highest BCUT2D eigenvalue weighted by Crippen LogP contribution is 2.70. The van der Waals surface area contributed by atoms with Gasteiger partial charge in [0, 0.05) is 17.3 Å². The highest BCUT2D eigenvalue weighted by atomic mass is 28.4. The molecule has 4 aliphatic carbocycles. The molecule has 1 amide bonds. The molecule has 6 unspecified atom stereocenters. The van der Waals surface area contributed by atoms with Gasteiger partial charge in [0.1, 0.15) is 6.17 Å². The predicted octanol–water partition coefficient (Wildman–Crippen LogP) is 10.7. The van der Waals surface area contributed by atoms with Gasteiger partial charge >= 0.3 is 0 Å². The van der Waals surface area contributed by atoms with Crippen molar-refractivity contribution in [3.8, 4) is 0 Å². The van der Waals surface area contributed by atoms with Crippen LogP contribution in [0.25, 0.3) is 10.4 Å². The van der Waals surface area contributed by atoms with Crippen LogP contribution in [0, 0.1) is 52.3 Å². The van der Waals surface area contributed by atoms with Crippen LogP contribution in [-0.4, -0.2) is 40.9 Å². The number of carbonyl (C=O) groups excluding carboxylic acids is 1. The third-order valence-electron chi connectivity index (χ3n) is 13.8. The fourth-order valence-electron chi connectivity index (χ4n) is 10.8. The first-order chi connectivity index (χ1) is 20.2. The quantitative estimate of drug-likeness (QED) is 0.108. The van der Waals surface area contributed by atoms with Crippen molar-refractivity contribution in [1.29, 1.82) is 0 Å². The Kier molecular flexibility index (Phi) is 10.4. The van der Waals surface area contributed by atoms with Gasteiger partial charge in [0.05, 0.1) is 12.2 Å². The normalized spacial score (nSPS) is 41.6. The van der Waals surface area contributed by atoms with Crippen molar-refractivity contribution in [2.45, 2.75) is 162 Å². The summed E-state index contributed by atoms with van der Waals surface area (Å²) in [6.45, 7) is 27.8. The zero-order valence-corrected chi connectivity index (χ0v) is 32.1. The van der Waals surface area contributed by atoms with Crippen LogP contribution >= 0.6 is 0 Å². The second-order valence-electron chi connectivity index (χ2n) is 18.3. The third kappa shape index (κ3) is 6.52. The minimum absolute atomic E-state index is 0.0363. The van der Waals surface area contributed by atoms with Crippen molar-refractivity contribution >= 4 is 22.5 Å². The van der Waals surface area contributed by atoms with E-state index in [0.29, 0.717) is 36.0 Å². The van der Waals surface area contributed by atoms with E-state index >= 15 is 4.39 Å². The van der Waals surface area contributed by atoms with E-state index in [1.807, 2.05) is 0 Å². The van der Waals surface area contributed by atoms with Gasteiger partial charge in [0.15, 0.2) is 16.6 Å². The first kappa shape index (κ1) is 36.1. The zero-order chi connectivity index (χ0) is 33.0. The third-order valence-corrected chi connectivity index (χ3v) is 19.3. The predicted molar refractivity (Wildman–Crippen MR) is 183 cm³/mol. The van der Waals surface area contributed by atoms with Gasteiger partial charge in [-0.1, -0.05) is 54.9 Å². The van der Waals surface area contributed by atoms with E-state index < -0.39 is 22.8 Å². The van der Waals surface area contributed by atoms with Crippen molar-refractivity contribution in [1.82, 2.24) is 0 Å². The molecule has 0 saturated heterocycles. The van der Waals surface area contributed by atoms with Crippen molar-refractivity contribution in [2.75, 3.05) is 0 Å². The molecule has 0 heterocycles. The Balaban J connectivity index is 1.69. The lowest BCUT2D eigenvalue weighted by molar-refractivity contribution is -0.217. The van der Waals surface area contributed by atoms with Crippen LogP contribution in [0.15, 0.2) is 5.11 Å². The summed E-state index contributed by atoms with van der Waals surface area (Å²) in [6.07, 6.45) is 7.37. The average molecular weight is 650 g/mol. The summed E-state index contributed by atoms with van der Waals surface area (Å²) >= 11 is 0. The van der Waals surface area contributed by atoms with E-state index in [-0.39, 0.29) is 45.8 Å². The largest absolute Gasteiger partial charge is 0.414 e. The van der Waals surface area contributed by atoms with Crippen LogP contribution in [0.5, 0.6) is 0 Å². The molecule has 6 nitrogen and oxygen atoms in total. The molecule has 0 aliphatic heterocycles. The Morgan fingerprint density at radius 3 is 2.20 bits per heavy atom. The van der Waals surface area contributed by atoms with Crippen molar-refractivity contribution in [3.63, 3.8) is 0 Å². The maximum atomic E-state index is 17.3. The van der Waals surface area contributed by atoms with E-state index in [0.717, 1.165) is 38.5 Å². The lowest BCUT2D eigenvalue weighted by atomic mass is 9.41. The van der Waals surface area contributed by atoms with Crippen LogP contribution < -0.4 is 0 Å². The molecule has 0 N–H and O–H groups in total. The van der Waals surface area contributed by atoms with Gasteiger partial charge in [-0.3, -0.25) is 4.79 Å². The molecule has 9 heteroatoms. The molecule has 252 valence electrons. The molecule has 0 radical (unpaired) electrons. The van der Waals surface area contributed by atoms with Gasteiger partial charge in [-0.2, -0.15) is 0 Å². The first-order valence-electron chi connectivity index (χ1n) is 17.8. The van der Waals surface area contributed by atoms with Crippen LogP contribution in [0.3, 0.4) is 0 Å². The molecule has 0 spiro atoms. The van der Waals surface area contributed by atoms with Crippen LogP contribution in [0.4, 0.5) is 4.39 Å². The van der Waals surface area contributed by atoms with E-state index in [4.69, 9.17) is 14.4 Å². The number of halogens is 1. The minimum atomic E-state index is -2.11. The number of hydrogen-bond donors (Lipinski definition) is 0. The van der Waals surface area contributed by atoms with Gasteiger partial charge in [0.25, 0.3) is 0 Å². The van der Waals surface area contributed by atoms with Crippen molar-refractivity contribution in [3.05, 3.63) is 10.4 Å². The van der Waals surface area contributed by atoms with Gasteiger partial charge in [-0.05, 0) is 140 Å². The number of amides is 1. The molecule has 4 saturated carbocycles. The van der Waals surface area contributed by atoms with Crippen LogP contribution in [-0.2, 0) is 13.6 Å². The molecule has 0 bridgehead atoms. The lowest BCUT2D eigenvalue weighted by Gasteiger charge is -2.67. The molecule has 4 fully saturated rings. The molecule has 4 aliphatic rings. The molecule has 44 heavy (non-hydrogen) atoms. The second kappa shape index (κ2) is 12.7. The standard InChI is InChI=1S/C35H64FN3O3Si2/c1-13-23-30-31(36)27(41-44(11,12)33(3,4)5)19-21-35(30,7)26-18-20-34(6)24(22(2)14-17-28(40)38-39-37)15-16-25(34)29(26)32(23)42-43(8,9)10/h22-27,29-32H,13-21H2,1-12H3/t22-,23-,24?,25?,26?,27?,29?,30-,31+,32?,34-,35-/m1/s1. The van der Waals surface area contributed by atoms with Crippen LogP contribution in [0.2, 0.25) is 37.8 Å². The Morgan fingerprint density at radius 1 is 1.02 bits per heavy atom. The number of fused-ring (bicyclic) bond motifs is 5. The van der Waals surface area contributed by atoms with E-state index in [2.05, 4.69) is 91.2 Å². The van der Waals surface area contributed by atoms with E-state index in [1.165, 1.54) is 12.8 Å². The monoisotopic (exact) mass is 649 g/mol. The Hall–Kier alpha value is -0.736. The summed E-state index contributed by atoms with van der Waals surface area (Å²) in [4.78, 5) is 14.7. The van der Waals surface area contributed by atoms with Gasteiger partial charge in [-0.25, -0.2) is 4.39 Å². The molecule has 4 rings (SSSR count). The van der Waals surface area contributed by atoms with Crippen molar-refractivity contribution < 1.29 is 18.0 Å². The van der Waals surface area contributed by atoms with Crippen LogP contribution in [0.1, 0.15) is 106 Å².